The molecule has 282 valence electrons. The summed E-state index contributed by atoms with van der Waals surface area (Å²) in [7, 11) is 0. The number of thioether (sulfide) groups is 1. The molecule has 9 N–H and O–H groups in total. The number of nitrogens with zero attached hydrogens (tertiary/aromatic N) is 1. The molecule has 1 aromatic heterocycles. The first-order chi connectivity index (χ1) is 23.5. The molecular formula is C32H55N3O13S. The fourth-order valence-corrected chi connectivity index (χ4v) is 8.36. The van der Waals surface area contributed by atoms with Crippen molar-refractivity contribution < 1.29 is 64.5 Å². The molecule has 0 spiro atoms. The smallest absolute Gasteiger partial charge is 0.226 e. The number of hydrogen-bond donors (Lipinski definition) is 9. The second-order valence-electron chi connectivity index (χ2n) is 13.3. The van der Waals surface area contributed by atoms with Crippen LogP contribution in [0.1, 0.15) is 58.1 Å². The Morgan fingerprint density at radius 2 is 1.78 bits per heavy atom. The number of aliphatic hydroxyl groups excluding tert-OH is 7. The summed E-state index contributed by atoms with van der Waals surface area (Å²) in [4.78, 5) is 30.5. The second kappa shape index (κ2) is 19.4. The largest absolute Gasteiger partial charge is 0.396 e. The number of carbonyl (C=O) groups excluding carboxylic acids is 1. The van der Waals surface area contributed by atoms with E-state index in [1.54, 1.807) is 24.3 Å². The summed E-state index contributed by atoms with van der Waals surface area (Å²) in [6, 6.07) is 0. The lowest BCUT2D eigenvalue weighted by atomic mass is 9.81. The Morgan fingerprint density at radius 1 is 1.00 bits per heavy atom. The number of imidazole rings is 1. The molecule has 49 heavy (non-hydrogen) atoms. The lowest BCUT2D eigenvalue weighted by Gasteiger charge is -2.45. The van der Waals surface area contributed by atoms with E-state index in [2.05, 4.69) is 29.1 Å². The van der Waals surface area contributed by atoms with Crippen molar-refractivity contribution in [1.82, 2.24) is 15.3 Å². The van der Waals surface area contributed by atoms with Crippen LogP contribution in [0.3, 0.4) is 0 Å². The molecule has 13 unspecified atom stereocenters. The van der Waals surface area contributed by atoms with Gasteiger partial charge in [-0.05, 0) is 25.7 Å². The molecule has 17 heteroatoms. The monoisotopic (exact) mass is 721 g/mol. The van der Waals surface area contributed by atoms with Crippen molar-refractivity contribution in [2.24, 2.45) is 5.92 Å². The van der Waals surface area contributed by atoms with E-state index in [-0.39, 0.29) is 42.8 Å². The first kappa shape index (κ1) is 40.3. The first-order valence-electron chi connectivity index (χ1n) is 17.2. The average Bonchev–Trinajstić information content (AvgIpc) is 3.61. The molecule has 3 fully saturated rings. The Bertz CT molecular complexity index is 1110. The molecule has 1 aliphatic carbocycles. The summed E-state index contributed by atoms with van der Waals surface area (Å²) < 4.78 is 17.5. The molecular weight excluding hydrogens is 666 g/mol. The number of aliphatic hydroxyl groups is 7. The molecule has 0 bridgehead atoms. The predicted molar refractivity (Wildman–Crippen MR) is 175 cm³/mol. The number of carbonyl (C=O) groups is 1. The minimum atomic E-state index is -1.58. The van der Waals surface area contributed by atoms with Gasteiger partial charge in [0.15, 0.2) is 0 Å². The fourth-order valence-electron chi connectivity index (χ4n) is 6.87. The number of rotatable bonds is 18. The van der Waals surface area contributed by atoms with Crippen LogP contribution in [0.5, 0.6) is 0 Å². The average molecular weight is 722 g/mol. The van der Waals surface area contributed by atoms with Gasteiger partial charge in [0.1, 0.15) is 48.8 Å². The van der Waals surface area contributed by atoms with Gasteiger partial charge in [0.25, 0.3) is 0 Å². The van der Waals surface area contributed by atoms with Crippen LogP contribution >= 0.6 is 11.8 Å². The number of H-pyrrole nitrogens is 1. The lowest BCUT2D eigenvalue weighted by molar-refractivity contribution is -0.403. The van der Waals surface area contributed by atoms with E-state index < -0.39 is 80.2 Å². The zero-order chi connectivity index (χ0) is 35.6. The number of hydrogen-bond acceptors (Lipinski definition) is 15. The molecule has 3 heterocycles. The molecule has 13 atom stereocenters. The summed E-state index contributed by atoms with van der Waals surface area (Å²) in [5.74, 6) is -0.126. The summed E-state index contributed by atoms with van der Waals surface area (Å²) in [5.41, 5.74) is 0.753. The third-order valence-corrected chi connectivity index (χ3v) is 11.5. The van der Waals surface area contributed by atoms with Crippen LogP contribution in [0.2, 0.25) is 0 Å². The van der Waals surface area contributed by atoms with Crippen molar-refractivity contribution in [1.29, 1.82) is 0 Å². The van der Waals surface area contributed by atoms with Crippen LogP contribution in [-0.2, 0) is 35.2 Å². The first-order valence-corrected chi connectivity index (χ1v) is 18.2. The predicted octanol–water partition coefficient (Wildman–Crippen LogP) is -1.42. The Kier molecular flexibility index (Phi) is 16.0. The van der Waals surface area contributed by atoms with Gasteiger partial charge in [-0.3, -0.25) is 4.79 Å². The van der Waals surface area contributed by atoms with Crippen molar-refractivity contribution in [2.45, 2.75) is 131 Å². The van der Waals surface area contributed by atoms with E-state index in [0.717, 1.165) is 30.7 Å². The third-order valence-electron chi connectivity index (χ3n) is 9.82. The van der Waals surface area contributed by atoms with Gasteiger partial charge in [-0.2, -0.15) is 11.8 Å². The van der Waals surface area contributed by atoms with Gasteiger partial charge < -0.3 is 60.3 Å². The SMILES string of the molecule is CCCC(CC)(CC1CC(OOC2COC(CO)C(OC3CC(CO)C(O)C(O)C3O)C2O)C(O)CO1)SCCNC(=O)Cc1cnc[nH]1. The van der Waals surface area contributed by atoms with Crippen molar-refractivity contribution in [3.63, 3.8) is 0 Å². The number of ether oxygens (including phenoxy) is 3. The summed E-state index contributed by atoms with van der Waals surface area (Å²) >= 11 is 1.80. The fraction of sp³-hybridized carbons (Fsp3) is 0.875. The highest BCUT2D eigenvalue weighted by Crippen LogP contribution is 2.40. The third kappa shape index (κ3) is 10.8. The molecule has 1 saturated carbocycles. The van der Waals surface area contributed by atoms with Crippen LogP contribution in [0, 0.1) is 5.92 Å². The minimum absolute atomic E-state index is 0.00880. The molecule has 2 aliphatic heterocycles. The Labute approximate surface area is 290 Å². The number of amides is 1. The maximum absolute atomic E-state index is 12.3. The minimum Gasteiger partial charge on any atom is -0.396 e. The number of aromatic amines is 1. The summed E-state index contributed by atoms with van der Waals surface area (Å²) in [5, 5.41) is 75.3. The van der Waals surface area contributed by atoms with Crippen LogP contribution in [0.4, 0.5) is 0 Å². The highest BCUT2D eigenvalue weighted by molar-refractivity contribution is 8.00. The van der Waals surface area contributed by atoms with Crippen molar-refractivity contribution >= 4 is 17.7 Å². The molecule has 16 nitrogen and oxygen atoms in total. The van der Waals surface area contributed by atoms with Crippen LogP contribution in [-0.4, -0.2) is 162 Å². The van der Waals surface area contributed by atoms with Gasteiger partial charge in [0.05, 0.1) is 50.9 Å². The molecule has 1 amide bonds. The Morgan fingerprint density at radius 3 is 2.45 bits per heavy atom. The van der Waals surface area contributed by atoms with E-state index in [9.17, 15) is 40.5 Å². The lowest BCUT2D eigenvalue weighted by Crippen LogP contribution is -2.61. The number of aromatic nitrogens is 2. The normalized spacial score (nSPS) is 36.7. The maximum Gasteiger partial charge on any atom is 0.226 e. The zero-order valence-corrected chi connectivity index (χ0v) is 29.0. The van der Waals surface area contributed by atoms with Crippen LogP contribution in [0.25, 0.3) is 0 Å². The van der Waals surface area contributed by atoms with Gasteiger partial charge in [0, 0.05) is 47.9 Å². The van der Waals surface area contributed by atoms with Gasteiger partial charge in [-0.15, -0.1) is 0 Å². The van der Waals surface area contributed by atoms with E-state index in [1.807, 2.05) is 0 Å². The van der Waals surface area contributed by atoms with E-state index in [1.165, 1.54) is 0 Å². The quantitative estimate of drug-likeness (QED) is 0.0480. The molecule has 0 radical (unpaired) electrons. The highest BCUT2D eigenvalue weighted by Gasteiger charge is 2.48. The Hall–Kier alpha value is -1.45. The standard InChI is InChI=1S/C32H55N3O13S/c1-3-5-32(4-2,49-7-6-34-26(39)9-19-12-33-17-35-19)11-20-10-22(21(38)15-44-20)47-48-25-16-45-24(14-37)31(29(25)42)46-23-8-18(13-36)27(40)30(43)28(23)41/h12,17-18,20-25,27-31,36-38,40-43H,3-11,13-16H2,1-2H3,(H,33,35)(H,34,39). The molecule has 3 aliphatic rings. The van der Waals surface area contributed by atoms with Gasteiger partial charge in [0.2, 0.25) is 5.91 Å². The summed E-state index contributed by atoms with van der Waals surface area (Å²) in [6.45, 7) is 3.69. The molecule has 2 saturated heterocycles. The van der Waals surface area contributed by atoms with Crippen molar-refractivity contribution in [3.05, 3.63) is 18.2 Å². The molecule has 0 aromatic carbocycles. The highest BCUT2D eigenvalue weighted by atomic mass is 32.2. The van der Waals surface area contributed by atoms with E-state index in [0.29, 0.717) is 19.4 Å². The molecule has 4 rings (SSSR count). The van der Waals surface area contributed by atoms with Crippen molar-refractivity contribution in [3.8, 4) is 0 Å². The van der Waals surface area contributed by atoms with Crippen LogP contribution < -0.4 is 5.32 Å². The van der Waals surface area contributed by atoms with Crippen molar-refractivity contribution in [2.75, 3.05) is 38.7 Å². The Balaban J connectivity index is 1.30. The zero-order valence-electron chi connectivity index (χ0n) is 28.2. The maximum atomic E-state index is 12.3. The van der Waals surface area contributed by atoms with Gasteiger partial charge >= 0.3 is 0 Å². The van der Waals surface area contributed by atoms with Gasteiger partial charge in [-0.1, -0.05) is 20.3 Å². The number of nitrogens with one attached hydrogen (secondary N) is 2. The molecule has 1 aromatic rings. The van der Waals surface area contributed by atoms with E-state index in [4.69, 9.17) is 24.0 Å². The second-order valence-corrected chi connectivity index (χ2v) is 14.9. The summed E-state index contributed by atoms with van der Waals surface area (Å²) in [6.07, 6.45) is -5.00. The topological polar surface area (TPSA) is 246 Å². The van der Waals surface area contributed by atoms with Crippen LogP contribution in [0.15, 0.2) is 12.5 Å². The van der Waals surface area contributed by atoms with E-state index >= 15 is 0 Å². The van der Waals surface area contributed by atoms with Gasteiger partial charge in [-0.25, -0.2) is 14.8 Å².